The first kappa shape index (κ1) is 22.1. The molecule has 0 atom stereocenters. The number of halogens is 2. The van der Waals surface area contributed by atoms with Crippen molar-refractivity contribution in [1.82, 2.24) is 4.57 Å². The van der Waals surface area contributed by atoms with Gasteiger partial charge in [-0.2, -0.15) is 5.26 Å². The van der Waals surface area contributed by atoms with Crippen LogP contribution >= 0.6 is 31.9 Å². The van der Waals surface area contributed by atoms with Crippen molar-refractivity contribution in [3.8, 4) is 11.8 Å². The molecule has 6 heteroatoms. The van der Waals surface area contributed by atoms with Crippen LogP contribution in [0, 0.1) is 25.2 Å². The van der Waals surface area contributed by atoms with Gasteiger partial charge in [0, 0.05) is 37.3 Å². The summed E-state index contributed by atoms with van der Waals surface area (Å²) in [6, 6.07) is 17.7. The van der Waals surface area contributed by atoms with Crippen LogP contribution in [-0.4, -0.2) is 10.5 Å². The first-order chi connectivity index (χ1) is 14.4. The molecule has 4 nitrogen and oxygen atoms in total. The van der Waals surface area contributed by atoms with Gasteiger partial charge in [0.2, 0.25) is 0 Å². The molecule has 0 spiro atoms. The van der Waals surface area contributed by atoms with Gasteiger partial charge in [-0.05, 0) is 78.2 Å². The lowest BCUT2D eigenvalue weighted by Crippen LogP contribution is -2.14. The van der Waals surface area contributed by atoms with Gasteiger partial charge in [-0.25, -0.2) is 0 Å². The molecule has 0 aliphatic rings. The molecule has 30 heavy (non-hydrogen) atoms. The number of benzene rings is 2. The summed E-state index contributed by atoms with van der Waals surface area (Å²) in [7, 11) is 0. The van der Waals surface area contributed by atoms with Gasteiger partial charge in [-0.3, -0.25) is 4.79 Å². The van der Waals surface area contributed by atoms with Crippen molar-refractivity contribution in [1.29, 1.82) is 5.26 Å². The lowest BCUT2D eigenvalue weighted by Gasteiger charge is -2.10. The molecule has 0 aliphatic carbocycles. The van der Waals surface area contributed by atoms with E-state index >= 15 is 0 Å². The van der Waals surface area contributed by atoms with Crippen LogP contribution in [-0.2, 0) is 11.2 Å². The fourth-order valence-electron chi connectivity index (χ4n) is 3.40. The van der Waals surface area contributed by atoms with Gasteiger partial charge in [0.25, 0.3) is 5.91 Å². The molecule has 1 aromatic heterocycles. The summed E-state index contributed by atoms with van der Waals surface area (Å²) in [5.74, 6) is -0.418. The van der Waals surface area contributed by atoms with Crippen LogP contribution in [0.25, 0.3) is 11.8 Å². The van der Waals surface area contributed by atoms with Crippen molar-refractivity contribution in [2.45, 2.75) is 27.2 Å². The predicted molar refractivity (Wildman–Crippen MR) is 129 cm³/mol. The summed E-state index contributed by atoms with van der Waals surface area (Å²) in [6.07, 6.45) is 2.44. The number of carbonyl (C=O) groups is 1. The van der Waals surface area contributed by atoms with Crippen LogP contribution in [0.1, 0.15) is 29.4 Å². The number of hydrogen-bond acceptors (Lipinski definition) is 2. The van der Waals surface area contributed by atoms with E-state index in [0.717, 1.165) is 49.3 Å². The molecular formula is C24H21Br2N3O. The largest absolute Gasteiger partial charge is 0.321 e. The highest BCUT2D eigenvalue weighted by atomic mass is 79.9. The second kappa shape index (κ2) is 9.46. The van der Waals surface area contributed by atoms with Crippen molar-refractivity contribution in [3.05, 3.63) is 85.6 Å². The number of carbonyl (C=O) groups excluding carboxylic acids is 1. The van der Waals surface area contributed by atoms with Crippen molar-refractivity contribution in [3.63, 3.8) is 0 Å². The molecule has 1 amide bonds. The minimum atomic E-state index is -0.418. The maximum Gasteiger partial charge on any atom is 0.266 e. The van der Waals surface area contributed by atoms with E-state index < -0.39 is 5.91 Å². The van der Waals surface area contributed by atoms with Crippen LogP contribution in [0.3, 0.4) is 0 Å². The van der Waals surface area contributed by atoms with Gasteiger partial charge < -0.3 is 9.88 Å². The average molecular weight is 527 g/mol. The third-order valence-corrected chi connectivity index (χ3v) is 6.53. The Kier molecular flexibility index (Phi) is 6.96. The van der Waals surface area contributed by atoms with Crippen LogP contribution in [0.15, 0.2) is 63.0 Å². The second-order valence-electron chi connectivity index (χ2n) is 6.84. The zero-order valence-corrected chi connectivity index (χ0v) is 20.1. The van der Waals surface area contributed by atoms with Crippen molar-refractivity contribution >= 4 is 49.5 Å². The SMILES string of the molecule is CCc1ccccc1NC(=O)/C(C#N)=C\c1c(Br)c(C)n(-c2ccc(Br)cc2)c1C. The monoisotopic (exact) mass is 525 g/mol. The summed E-state index contributed by atoms with van der Waals surface area (Å²) in [5.41, 5.74) is 5.56. The Morgan fingerprint density at radius 2 is 1.77 bits per heavy atom. The fourth-order valence-corrected chi connectivity index (χ4v) is 4.25. The van der Waals surface area contributed by atoms with E-state index in [1.807, 2.05) is 69.3 Å². The molecule has 3 rings (SSSR count). The van der Waals surface area contributed by atoms with E-state index in [1.165, 1.54) is 0 Å². The summed E-state index contributed by atoms with van der Waals surface area (Å²) < 4.78 is 3.96. The number of nitrogens with zero attached hydrogens (tertiary/aromatic N) is 2. The predicted octanol–water partition coefficient (Wildman–Crippen LogP) is 6.73. The normalized spacial score (nSPS) is 11.3. The number of para-hydroxylation sites is 1. The summed E-state index contributed by atoms with van der Waals surface area (Å²) >= 11 is 7.11. The molecule has 0 saturated carbocycles. The summed E-state index contributed by atoms with van der Waals surface area (Å²) in [5, 5.41) is 12.5. The molecule has 0 fully saturated rings. The highest BCUT2D eigenvalue weighted by molar-refractivity contribution is 9.10. The van der Waals surface area contributed by atoms with Gasteiger partial charge >= 0.3 is 0 Å². The van der Waals surface area contributed by atoms with Crippen LogP contribution in [0.2, 0.25) is 0 Å². The molecule has 0 bridgehead atoms. The Labute approximate surface area is 193 Å². The van der Waals surface area contributed by atoms with Gasteiger partial charge in [0.15, 0.2) is 0 Å². The Hall–Kier alpha value is -2.62. The first-order valence-corrected chi connectivity index (χ1v) is 11.1. The first-order valence-electron chi connectivity index (χ1n) is 9.51. The number of hydrogen-bond donors (Lipinski definition) is 1. The number of nitrogens with one attached hydrogen (secondary N) is 1. The van der Waals surface area contributed by atoms with E-state index in [9.17, 15) is 10.1 Å². The Morgan fingerprint density at radius 1 is 1.10 bits per heavy atom. The zero-order valence-electron chi connectivity index (χ0n) is 17.0. The molecule has 0 radical (unpaired) electrons. The maximum atomic E-state index is 12.8. The molecule has 0 aliphatic heterocycles. The van der Waals surface area contributed by atoms with E-state index in [1.54, 1.807) is 6.08 Å². The molecule has 1 N–H and O–H groups in total. The van der Waals surface area contributed by atoms with Gasteiger partial charge in [-0.1, -0.05) is 41.1 Å². The van der Waals surface area contributed by atoms with Crippen molar-refractivity contribution < 1.29 is 4.79 Å². The van der Waals surface area contributed by atoms with E-state index in [2.05, 4.69) is 47.8 Å². The lowest BCUT2D eigenvalue weighted by molar-refractivity contribution is -0.112. The maximum absolute atomic E-state index is 12.8. The van der Waals surface area contributed by atoms with Gasteiger partial charge in [-0.15, -0.1) is 0 Å². The quantitative estimate of drug-likeness (QED) is 0.296. The molecule has 152 valence electrons. The highest BCUT2D eigenvalue weighted by Gasteiger charge is 2.18. The highest BCUT2D eigenvalue weighted by Crippen LogP contribution is 2.32. The molecule has 0 saturated heterocycles. The summed E-state index contributed by atoms with van der Waals surface area (Å²) in [6.45, 7) is 6.01. The number of aromatic nitrogens is 1. The number of rotatable bonds is 5. The van der Waals surface area contributed by atoms with Crippen LogP contribution in [0.5, 0.6) is 0 Å². The van der Waals surface area contributed by atoms with Crippen molar-refractivity contribution in [2.24, 2.45) is 0 Å². The van der Waals surface area contributed by atoms with Crippen LogP contribution in [0.4, 0.5) is 5.69 Å². The van der Waals surface area contributed by atoms with Gasteiger partial charge in [0.1, 0.15) is 11.6 Å². The number of amides is 1. The average Bonchev–Trinajstić information content (AvgIpc) is 2.95. The van der Waals surface area contributed by atoms with Crippen LogP contribution < -0.4 is 5.32 Å². The number of aryl methyl sites for hydroxylation is 1. The summed E-state index contributed by atoms with van der Waals surface area (Å²) in [4.78, 5) is 12.8. The molecular weight excluding hydrogens is 506 g/mol. The molecule has 0 unspecified atom stereocenters. The Bertz CT molecular complexity index is 1170. The minimum Gasteiger partial charge on any atom is -0.321 e. The number of nitriles is 1. The topological polar surface area (TPSA) is 57.8 Å². The Balaban J connectivity index is 2.00. The third-order valence-electron chi connectivity index (χ3n) is 5.00. The second-order valence-corrected chi connectivity index (χ2v) is 8.55. The van der Waals surface area contributed by atoms with E-state index in [-0.39, 0.29) is 5.57 Å². The van der Waals surface area contributed by atoms with Gasteiger partial charge in [0.05, 0.1) is 0 Å². The molecule has 1 heterocycles. The molecule has 2 aromatic carbocycles. The molecule has 3 aromatic rings. The fraction of sp³-hybridized carbons (Fsp3) is 0.167. The Morgan fingerprint density at radius 3 is 2.40 bits per heavy atom. The minimum absolute atomic E-state index is 0.0534. The number of anilines is 1. The standard InChI is InChI=1S/C24H21Br2N3O/c1-4-17-7-5-6-8-22(17)28-24(30)18(14-27)13-21-15(2)29(16(3)23(21)26)20-11-9-19(25)10-12-20/h5-13H,4H2,1-3H3,(H,28,30)/b18-13-. The van der Waals surface area contributed by atoms with E-state index in [0.29, 0.717) is 0 Å². The van der Waals surface area contributed by atoms with E-state index in [4.69, 9.17) is 0 Å². The van der Waals surface area contributed by atoms with Crippen molar-refractivity contribution in [2.75, 3.05) is 5.32 Å². The third kappa shape index (κ3) is 4.43. The zero-order chi connectivity index (χ0) is 21.8. The smallest absolute Gasteiger partial charge is 0.266 e. The lowest BCUT2D eigenvalue weighted by atomic mass is 10.1.